The number of benzene rings is 1. The third-order valence-corrected chi connectivity index (χ3v) is 8.24. The third-order valence-electron chi connectivity index (χ3n) is 6.76. The zero-order chi connectivity index (χ0) is 20.6. The maximum absolute atomic E-state index is 12.4. The highest BCUT2D eigenvalue weighted by atomic mass is 32.2. The zero-order valence-corrected chi connectivity index (χ0v) is 17.3. The molecule has 28 heavy (non-hydrogen) atoms. The Labute approximate surface area is 166 Å². The Morgan fingerprint density at radius 2 is 1.96 bits per heavy atom. The summed E-state index contributed by atoms with van der Waals surface area (Å²) in [6, 6.07) is 7.54. The number of rotatable bonds is 6. The van der Waals surface area contributed by atoms with E-state index in [9.17, 15) is 13.2 Å². The molecule has 1 aromatic rings. The van der Waals surface area contributed by atoms with Crippen molar-refractivity contribution in [2.24, 2.45) is 21.8 Å². The Morgan fingerprint density at radius 3 is 2.50 bits per heavy atom. The molecule has 0 radical (unpaired) electrons. The number of hydrogen-bond donors (Lipinski definition) is 2. The molecule has 0 aromatic heterocycles. The Hall–Kier alpha value is -2.24. The summed E-state index contributed by atoms with van der Waals surface area (Å²) >= 11 is 0. The number of carbonyl (C=O) groups is 1. The lowest BCUT2D eigenvalue weighted by Gasteiger charge is -2.34. The fraction of sp³-hybridized carbons (Fsp3) is 0.550. The molecule has 150 valence electrons. The highest BCUT2D eigenvalue weighted by Crippen LogP contribution is 2.63. The van der Waals surface area contributed by atoms with Crippen molar-refractivity contribution >= 4 is 21.6 Å². The number of carbonyl (C=O) groups excluding carboxylic acids is 1. The second kappa shape index (κ2) is 7.30. The molecule has 0 heterocycles. The van der Waals surface area contributed by atoms with E-state index in [0.29, 0.717) is 11.5 Å². The van der Waals surface area contributed by atoms with Crippen LogP contribution in [0.2, 0.25) is 0 Å². The number of hydrazone groups is 1. The highest BCUT2D eigenvalue weighted by molar-refractivity contribution is 7.89. The van der Waals surface area contributed by atoms with Gasteiger partial charge in [0.15, 0.2) is 0 Å². The predicted octanol–water partition coefficient (Wildman–Crippen LogP) is 2.81. The van der Waals surface area contributed by atoms with Crippen molar-refractivity contribution in [3.8, 4) is 6.07 Å². The molecule has 3 rings (SSSR count). The quantitative estimate of drug-likeness (QED) is 0.563. The highest BCUT2D eigenvalue weighted by Gasteiger charge is 2.60. The van der Waals surface area contributed by atoms with Gasteiger partial charge in [-0.3, -0.25) is 4.79 Å². The minimum absolute atomic E-state index is 0.0119. The van der Waals surface area contributed by atoms with E-state index >= 15 is 0 Å². The first-order chi connectivity index (χ1) is 13.1. The minimum atomic E-state index is -3.69. The van der Waals surface area contributed by atoms with Gasteiger partial charge in [-0.1, -0.05) is 20.8 Å². The van der Waals surface area contributed by atoms with Crippen molar-refractivity contribution in [2.75, 3.05) is 6.54 Å². The Balaban J connectivity index is 1.67. The van der Waals surface area contributed by atoms with E-state index in [2.05, 4.69) is 36.0 Å². The van der Waals surface area contributed by atoms with Gasteiger partial charge in [0.25, 0.3) is 5.91 Å². The lowest BCUT2D eigenvalue weighted by atomic mass is 9.70. The van der Waals surface area contributed by atoms with Gasteiger partial charge in [-0.05, 0) is 54.9 Å². The first-order valence-electron chi connectivity index (χ1n) is 9.46. The molecule has 2 atom stereocenters. The minimum Gasteiger partial charge on any atom is -0.267 e. The monoisotopic (exact) mass is 402 g/mol. The molecule has 1 aromatic carbocycles. The topological polar surface area (TPSA) is 111 Å². The Kier molecular flexibility index (Phi) is 5.34. The van der Waals surface area contributed by atoms with Crippen LogP contribution in [-0.2, 0) is 10.0 Å². The summed E-state index contributed by atoms with van der Waals surface area (Å²) in [4.78, 5) is 12.5. The molecular weight excluding hydrogens is 376 g/mol. The molecule has 2 aliphatic rings. The summed E-state index contributed by atoms with van der Waals surface area (Å²) in [6.45, 7) is 6.83. The van der Waals surface area contributed by atoms with Gasteiger partial charge in [-0.25, -0.2) is 18.6 Å². The molecule has 0 saturated heterocycles. The van der Waals surface area contributed by atoms with Crippen LogP contribution in [0.3, 0.4) is 0 Å². The van der Waals surface area contributed by atoms with E-state index in [1.54, 1.807) is 0 Å². The van der Waals surface area contributed by atoms with Gasteiger partial charge in [-0.15, -0.1) is 0 Å². The summed E-state index contributed by atoms with van der Waals surface area (Å²) in [5.74, 6) is 0.240. The van der Waals surface area contributed by atoms with Gasteiger partial charge in [0.2, 0.25) is 10.0 Å². The van der Waals surface area contributed by atoms with Crippen molar-refractivity contribution in [1.82, 2.24) is 10.1 Å². The van der Waals surface area contributed by atoms with Crippen LogP contribution in [0.5, 0.6) is 0 Å². The van der Waals surface area contributed by atoms with Crippen LogP contribution in [-0.4, -0.2) is 26.6 Å². The van der Waals surface area contributed by atoms with Crippen molar-refractivity contribution in [2.45, 2.75) is 51.3 Å². The summed E-state index contributed by atoms with van der Waals surface area (Å²) in [7, 11) is -3.69. The van der Waals surface area contributed by atoms with Crippen LogP contribution in [0.4, 0.5) is 0 Å². The number of fused-ring (bicyclic) bond motifs is 2. The second-order valence-corrected chi connectivity index (χ2v) is 10.1. The van der Waals surface area contributed by atoms with Crippen LogP contribution in [0.15, 0.2) is 34.3 Å². The van der Waals surface area contributed by atoms with Gasteiger partial charge in [0, 0.05) is 29.7 Å². The molecule has 2 fully saturated rings. The van der Waals surface area contributed by atoms with Gasteiger partial charge < -0.3 is 0 Å². The number of nitrogens with one attached hydrogen (secondary N) is 2. The fourth-order valence-corrected chi connectivity index (χ4v) is 5.42. The van der Waals surface area contributed by atoms with E-state index in [-0.39, 0.29) is 34.6 Å². The molecular formula is C20H26N4O3S. The van der Waals surface area contributed by atoms with Crippen LogP contribution >= 0.6 is 0 Å². The predicted molar refractivity (Wildman–Crippen MR) is 106 cm³/mol. The van der Waals surface area contributed by atoms with Gasteiger partial charge in [0.05, 0.1) is 11.0 Å². The molecule has 1 amide bonds. The molecule has 8 heteroatoms. The zero-order valence-electron chi connectivity index (χ0n) is 16.4. The van der Waals surface area contributed by atoms with Crippen LogP contribution < -0.4 is 10.1 Å². The van der Waals surface area contributed by atoms with Crippen LogP contribution in [0.25, 0.3) is 0 Å². The molecule has 7 nitrogen and oxygen atoms in total. The van der Waals surface area contributed by atoms with E-state index in [1.807, 2.05) is 6.07 Å². The molecule has 2 bridgehead atoms. The Bertz CT molecular complexity index is 945. The van der Waals surface area contributed by atoms with E-state index in [0.717, 1.165) is 18.6 Å². The van der Waals surface area contributed by atoms with Crippen LogP contribution in [0, 0.1) is 28.1 Å². The molecule has 2 saturated carbocycles. The van der Waals surface area contributed by atoms with Crippen molar-refractivity contribution in [1.29, 1.82) is 5.26 Å². The number of hydrogen-bond acceptors (Lipinski definition) is 5. The van der Waals surface area contributed by atoms with Crippen LogP contribution in [0.1, 0.15) is 56.8 Å². The van der Waals surface area contributed by atoms with Crippen molar-refractivity contribution in [3.05, 3.63) is 29.8 Å². The normalized spacial score (nSPS) is 26.9. The van der Waals surface area contributed by atoms with Gasteiger partial charge >= 0.3 is 0 Å². The first kappa shape index (κ1) is 20.5. The van der Waals surface area contributed by atoms with E-state index in [1.165, 1.54) is 30.7 Å². The number of nitriles is 1. The fourth-order valence-electron chi connectivity index (χ4n) is 4.39. The lowest BCUT2D eigenvalue weighted by molar-refractivity contribution is 0.0953. The van der Waals surface area contributed by atoms with Crippen molar-refractivity contribution in [3.63, 3.8) is 0 Å². The summed E-state index contributed by atoms with van der Waals surface area (Å²) in [6.07, 6.45) is 3.30. The average molecular weight is 403 g/mol. The molecule has 0 aliphatic heterocycles. The largest absolute Gasteiger partial charge is 0.271 e. The van der Waals surface area contributed by atoms with E-state index in [4.69, 9.17) is 5.26 Å². The number of sulfonamides is 1. The lowest BCUT2D eigenvalue weighted by Crippen LogP contribution is -2.34. The molecule has 0 spiro atoms. The van der Waals surface area contributed by atoms with Gasteiger partial charge in [-0.2, -0.15) is 10.4 Å². The molecule has 2 N–H and O–H groups in total. The summed E-state index contributed by atoms with van der Waals surface area (Å²) < 4.78 is 26.6. The molecule has 0 unspecified atom stereocenters. The summed E-state index contributed by atoms with van der Waals surface area (Å²) in [5, 5.41) is 12.9. The maximum Gasteiger partial charge on any atom is 0.271 e. The number of amides is 1. The smallest absolute Gasteiger partial charge is 0.267 e. The molecule has 2 aliphatic carbocycles. The maximum atomic E-state index is 12.4. The summed E-state index contributed by atoms with van der Waals surface area (Å²) in [5.41, 5.74) is 4.22. The third kappa shape index (κ3) is 3.45. The number of nitrogens with zero attached hydrogens (tertiary/aromatic N) is 2. The van der Waals surface area contributed by atoms with Gasteiger partial charge in [0.1, 0.15) is 0 Å². The second-order valence-electron chi connectivity index (χ2n) is 8.32. The van der Waals surface area contributed by atoms with Crippen molar-refractivity contribution < 1.29 is 13.2 Å². The standard InChI is InChI=1S/C20H26N4O3S/c1-19(2)15-9-10-20(19,3)17(13-15)23-24-18(25)14-5-7-16(8-6-14)28(26,27)22-12-4-11-21/h5-8,15,22H,4,9-10,12-13H2,1-3H3,(H,24,25)/b23-17+/t15-,20+/m0/s1. The Morgan fingerprint density at radius 1 is 1.29 bits per heavy atom. The first-order valence-corrected chi connectivity index (χ1v) is 10.9. The average Bonchev–Trinajstić information content (AvgIpc) is 2.99. The SMILES string of the molecule is CC1(C)[C@H]2CC[C@]1(C)/C(=N/NC(=O)c1ccc(S(=O)(=O)NCCC#N)cc1)C2. The van der Waals surface area contributed by atoms with E-state index < -0.39 is 10.0 Å².